The molecule has 0 spiro atoms. The third kappa shape index (κ3) is 5.35. The lowest BCUT2D eigenvalue weighted by atomic mass is 10.1. The van der Waals surface area contributed by atoms with Crippen LogP contribution in [0.2, 0.25) is 0 Å². The Hall–Kier alpha value is -2.33. The fourth-order valence-corrected chi connectivity index (χ4v) is 2.72. The molecule has 2 aromatic rings. The van der Waals surface area contributed by atoms with Gasteiger partial charge < -0.3 is 10.6 Å². The van der Waals surface area contributed by atoms with Crippen molar-refractivity contribution in [3.63, 3.8) is 0 Å². The van der Waals surface area contributed by atoms with Gasteiger partial charge in [0.25, 0.3) is 0 Å². The van der Waals surface area contributed by atoms with Crippen molar-refractivity contribution in [2.24, 2.45) is 0 Å². The van der Waals surface area contributed by atoms with Gasteiger partial charge in [-0.05, 0) is 18.2 Å². The molecule has 1 amide bonds. The maximum absolute atomic E-state index is 13.8. The summed E-state index contributed by atoms with van der Waals surface area (Å²) in [5.41, 5.74) is -0.392. The molecular formula is C17H16ClF5N4O. The van der Waals surface area contributed by atoms with Crippen LogP contribution in [-0.2, 0) is 17.5 Å². The van der Waals surface area contributed by atoms with E-state index in [0.717, 1.165) is 18.2 Å². The molecule has 0 unspecified atom stereocenters. The number of nitrogens with zero attached hydrogens (tertiary/aromatic N) is 2. The lowest BCUT2D eigenvalue weighted by molar-refractivity contribution is -0.137. The van der Waals surface area contributed by atoms with E-state index in [-0.39, 0.29) is 48.9 Å². The van der Waals surface area contributed by atoms with E-state index in [0.29, 0.717) is 6.20 Å². The van der Waals surface area contributed by atoms with E-state index in [4.69, 9.17) is 0 Å². The minimum absolute atomic E-state index is 0. The fraction of sp³-hybridized carbons (Fsp3) is 0.353. The van der Waals surface area contributed by atoms with E-state index in [1.54, 1.807) is 0 Å². The Balaban J connectivity index is 0.00000280. The molecule has 0 aliphatic carbocycles. The molecule has 3 rings (SSSR count). The molecule has 28 heavy (non-hydrogen) atoms. The molecule has 2 atom stereocenters. The van der Waals surface area contributed by atoms with Gasteiger partial charge in [-0.3, -0.25) is 9.78 Å². The van der Waals surface area contributed by atoms with Crippen molar-refractivity contribution < 1.29 is 26.7 Å². The summed E-state index contributed by atoms with van der Waals surface area (Å²) < 4.78 is 64.7. The van der Waals surface area contributed by atoms with Crippen LogP contribution in [0.15, 0.2) is 30.5 Å². The SMILES string of the molecule is Cl.O=C(NCc1cc(-c2ccc(C(F)(F)F)cn2)cc(F)n1)[C@H]1C[C@@H](F)CN1. The van der Waals surface area contributed by atoms with Crippen molar-refractivity contribution in [1.29, 1.82) is 0 Å². The van der Waals surface area contributed by atoms with Crippen LogP contribution in [0.5, 0.6) is 0 Å². The average molecular weight is 423 g/mol. The minimum atomic E-state index is -4.52. The summed E-state index contributed by atoms with van der Waals surface area (Å²) >= 11 is 0. The number of nitrogens with one attached hydrogen (secondary N) is 2. The number of aromatic nitrogens is 2. The maximum atomic E-state index is 13.8. The molecule has 0 radical (unpaired) electrons. The summed E-state index contributed by atoms with van der Waals surface area (Å²) in [6.45, 7) is -0.0145. The number of hydrogen-bond acceptors (Lipinski definition) is 4. The smallest absolute Gasteiger partial charge is 0.349 e. The Morgan fingerprint density at radius 1 is 1.29 bits per heavy atom. The first-order valence-corrected chi connectivity index (χ1v) is 8.07. The predicted molar refractivity (Wildman–Crippen MR) is 92.8 cm³/mol. The van der Waals surface area contributed by atoms with Crippen LogP contribution in [0.1, 0.15) is 17.7 Å². The number of halogens is 6. The number of pyridine rings is 2. The van der Waals surface area contributed by atoms with Crippen molar-refractivity contribution in [2.45, 2.75) is 31.4 Å². The molecule has 1 saturated heterocycles. The first-order chi connectivity index (χ1) is 12.7. The van der Waals surface area contributed by atoms with Crippen LogP contribution in [0.25, 0.3) is 11.3 Å². The van der Waals surface area contributed by atoms with E-state index >= 15 is 0 Å². The van der Waals surface area contributed by atoms with Gasteiger partial charge in [0.05, 0.1) is 29.5 Å². The van der Waals surface area contributed by atoms with E-state index in [2.05, 4.69) is 20.6 Å². The summed E-state index contributed by atoms with van der Waals surface area (Å²) in [4.78, 5) is 19.3. The molecule has 1 aliphatic heterocycles. The van der Waals surface area contributed by atoms with Crippen LogP contribution in [-0.4, -0.2) is 34.6 Å². The van der Waals surface area contributed by atoms with Crippen molar-refractivity contribution in [2.75, 3.05) is 6.54 Å². The summed E-state index contributed by atoms with van der Waals surface area (Å²) in [7, 11) is 0. The Morgan fingerprint density at radius 2 is 2.04 bits per heavy atom. The van der Waals surface area contributed by atoms with Crippen molar-refractivity contribution in [3.8, 4) is 11.3 Å². The van der Waals surface area contributed by atoms with Gasteiger partial charge in [-0.15, -0.1) is 12.4 Å². The molecule has 0 saturated carbocycles. The molecular weight excluding hydrogens is 407 g/mol. The zero-order chi connectivity index (χ0) is 19.6. The second kappa shape index (κ2) is 8.78. The summed E-state index contributed by atoms with van der Waals surface area (Å²) in [6.07, 6.45) is -4.89. The van der Waals surface area contributed by atoms with Gasteiger partial charge in [-0.2, -0.15) is 17.6 Å². The van der Waals surface area contributed by atoms with E-state index in [1.807, 2.05) is 0 Å². The van der Waals surface area contributed by atoms with E-state index < -0.39 is 35.8 Å². The highest BCUT2D eigenvalue weighted by atomic mass is 35.5. The number of rotatable bonds is 4. The molecule has 2 N–H and O–H groups in total. The van der Waals surface area contributed by atoms with E-state index in [9.17, 15) is 26.7 Å². The minimum Gasteiger partial charge on any atom is -0.349 e. The lowest BCUT2D eigenvalue weighted by Crippen LogP contribution is -2.40. The number of hydrogen-bond donors (Lipinski definition) is 2. The lowest BCUT2D eigenvalue weighted by Gasteiger charge is -2.11. The molecule has 1 aliphatic rings. The highest BCUT2D eigenvalue weighted by molar-refractivity contribution is 5.85. The van der Waals surface area contributed by atoms with Crippen LogP contribution >= 0.6 is 12.4 Å². The molecule has 0 aromatic carbocycles. The van der Waals surface area contributed by atoms with Crippen molar-refractivity contribution >= 4 is 18.3 Å². The third-order valence-corrected chi connectivity index (χ3v) is 4.07. The third-order valence-electron chi connectivity index (χ3n) is 4.07. The highest BCUT2D eigenvalue weighted by Crippen LogP contribution is 2.29. The quantitative estimate of drug-likeness (QED) is 0.587. The van der Waals surface area contributed by atoms with Crippen LogP contribution < -0.4 is 10.6 Å². The Morgan fingerprint density at radius 3 is 2.61 bits per heavy atom. The van der Waals surface area contributed by atoms with Gasteiger partial charge in [0, 0.05) is 30.8 Å². The molecule has 11 heteroatoms. The van der Waals surface area contributed by atoms with Crippen LogP contribution in [0, 0.1) is 5.95 Å². The molecule has 0 bridgehead atoms. The second-order valence-electron chi connectivity index (χ2n) is 6.11. The number of carbonyl (C=O) groups is 1. The summed E-state index contributed by atoms with van der Waals surface area (Å²) in [5, 5.41) is 5.25. The van der Waals surface area contributed by atoms with Gasteiger partial charge in [0.15, 0.2) is 0 Å². The number of alkyl halides is 4. The van der Waals surface area contributed by atoms with Crippen LogP contribution in [0.3, 0.4) is 0 Å². The first-order valence-electron chi connectivity index (χ1n) is 8.07. The topological polar surface area (TPSA) is 66.9 Å². The largest absolute Gasteiger partial charge is 0.417 e. The van der Waals surface area contributed by atoms with Crippen molar-refractivity contribution in [1.82, 2.24) is 20.6 Å². The predicted octanol–water partition coefficient (Wildman–Crippen LogP) is 3.04. The zero-order valence-electron chi connectivity index (χ0n) is 14.3. The highest BCUT2D eigenvalue weighted by Gasteiger charge is 2.31. The van der Waals surface area contributed by atoms with Gasteiger partial charge in [-0.1, -0.05) is 0 Å². The molecule has 152 valence electrons. The van der Waals surface area contributed by atoms with E-state index in [1.165, 1.54) is 6.07 Å². The standard InChI is InChI=1S/C17H15F5N4O.ClH/c18-11-5-14(24-7-11)16(27)25-8-12-3-9(4-15(19)26-12)13-2-1-10(6-23-13)17(20,21)22;/h1-4,6,11,14,24H,5,7-8H2,(H,25,27);1H/t11-,14-;/m1./s1. The molecule has 5 nitrogen and oxygen atoms in total. The average Bonchev–Trinajstić information content (AvgIpc) is 3.05. The molecule has 2 aromatic heterocycles. The van der Waals surface area contributed by atoms with Crippen LogP contribution in [0.4, 0.5) is 22.0 Å². The first kappa shape index (κ1) is 22.0. The van der Waals surface area contributed by atoms with Crippen molar-refractivity contribution in [3.05, 3.63) is 47.7 Å². The Labute approximate surface area is 163 Å². The second-order valence-corrected chi connectivity index (χ2v) is 6.11. The molecule has 3 heterocycles. The maximum Gasteiger partial charge on any atom is 0.417 e. The van der Waals surface area contributed by atoms with Gasteiger partial charge in [0.2, 0.25) is 11.9 Å². The van der Waals surface area contributed by atoms with Gasteiger partial charge in [-0.25, -0.2) is 9.37 Å². The Bertz CT molecular complexity index is 831. The van der Waals surface area contributed by atoms with Gasteiger partial charge >= 0.3 is 6.18 Å². The zero-order valence-corrected chi connectivity index (χ0v) is 15.1. The fourth-order valence-electron chi connectivity index (χ4n) is 2.72. The normalized spacial score (nSPS) is 19.2. The number of carbonyl (C=O) groups excluding carboxylic acids is 1. The molecule has 1 fully saturated rings. The Kier molecular flexibility index (Phi) is 6.89. The summed E-state index contributed by atoms with van der Waals surface area (Å²) in [6, 6.07) is 3.77. The summed E-state index contributed by atoms with van der Waals surface area (Å²) in [5.74, 6) is -1.29. The monoisotopic (exact) mass is 422 g/mol. The number of amides is 1. The van der Waals surface area contributed by atoms with Gasteiger partial charge in [0.1, 0.15) is 6.17 Å².